The van der Waals surface area contributed by atoms with Gasteiger partial charge in [-0.05, 0) is 31.2 Å². The largest absolute Gasteiger partial charge is 0.490 e. The van der Waals surface area contributed by atoms with Crippen molar-refractivity contribution in [2.24, 2.45) is 0 Å². The molecular weight excluding hydrogens is 272 g/mol. The van der Waals surface area contributed by atoms with Crippen molar-refractivity contribution in [3.8, 4) is 5.75 Å². The average molecular weight is 296 g/mol. The Labute approximate surface area is 126 Å². The van der Waals surface area contributed by atoms with E-state index in [0.717, 1.165) is 17.3 Å². The Kier molecular flexibility index (Phi) is 8.19. The summed E-state index contributed by atoms with van der Waals surface area (Å²) >= 11 is 1.81. The van der Waals surface area contributed by atoms with Crippen LogP contribution < -0.4 is 4.74 Å². The van der Waals surface area contributed by atoms with Gasteiger partial charge < -0.3 is 9.47 Å². The van der Waals surface area contributed by atoms with Gasteiger partial charge in [0.2, 0.25) is 0 Å². The van der Waals surface area contributed by atoms with Crippen molar-refractivity contribution in [2.45, 2.75) is 39.7 Å². The van der Waals surface area contributed by atoms with Crippen LogP contribution in [0.5, 0.6) is 5.75 Å². The summed E-state index contributed by atoms with van der Waals surface area (Å²) in [6, 6.07) is 7.88. The number of esters is 1. The maximum atomic E-state index is 11.1. The van der Waals surface area contributed by atoms with E-state index >= 15 is 0 Å². The summed E-state index contributed by atoms with van der Waals surface area (Å²) in [5.41, 5.74) is 1.20. The van der Waals surface area contributed by atoms with Gasteiger partial charge in [-0.2, -0.15) is 11.8 Å². The lowest BCUT2D eigenvalue weighted by molar-refractivity contribution is -0.146. The summed E-state index contributed by atoms with van der Waals surface area (Å²) in [4.78, 5) is 11.1. The number of carbonyl (C=O) groups is 1. The number of thioether (sulfide) groups is 1. The molecule has 0 unspecified atom stereocenters. The molecule has 0 spiro atoms. The summed E-state index contributed by atoms with van der Waals surface area (Å²) in [5.74, 6) is 2.44. The first kappa shape index (κ1) is 16.9. The lowest BCUT2D eigenvalue weighted by atomic mass is 10.2. The SMILES string of the molecule is CCCCSC[C@H](COc1ccc(C)cc1)OC(C)=O. The molecule has 3 nitrogen and oxygen atoms in total. The molecule has 0 aromatic heterocycles. The number of aryl methyl sites for hydroxylation is 1. The van der Waals surface area contributed by atoms with Gasteiger partial charge in [-0.15, -0.1) is 0 Å². The van der Waals surface area contributed by atoms with E-state index in [1.807, 2.05) is 43.0 Å². The molecule has 0 amide bonds. The van der Waals surface area contributed by atoms with E-state index in [1.165, 1.54) is 25.3 Å². The van der Waals surface area contributed by atoms with E-state index in [1.54, 1.807) is 0 Å². The van der Waals surface area contributed by atoms with Crippen LogP contribution in [0.25, 0.3) is 0 Å². The second-order valence-electron chi connectivity index (χ2n) is 4.78. The van der Waals surface area contributed by atoms with Crippen LogP contribution in [0.3, 0.4) is 0 Å². The highest BCUT2D eigenvalue weighted by Gasteiger charge is 2.13. The van der Waals surface area contributed by atoms with Crippen molar-refractivity contribution < 1.29 is 14.3 Å². The van der Waals surface area contributed by atoms with Gasteiger partial charge in [-0.25, -0.2) is 0 Å². The van der Waals surface area contributed by atoms with Crippen LogP contribution in [0.2, 0.25) is 0 Å². The molecule has 1 atom stereocenters. The van der Waals surface area contributed by atoms with Gasteiger partial charge in [0.05, 0.1) is 0 Å². The third-order valence-electron chi connectivity index (χ3n) is 2.74. The topological polar surface area (TPSA) is 35.5 Å². The van der Waals surface area contributed by atoms with Gasteiger partial charge in [0.1, 0.15) is 18.5 Å². The maximum absolute atomic E-state index is 11.1. The van der Waals surface area contributed by atoms with Crippen molar-refractivity contribution >= 4 is 17.7 Å². The first-order chi connectivity index (χ1) is 9.61. The van der Waals surface area contributed by atoms with Gasteiger partial charge in [-0.1, -0.05) is 31.0 Å². The van der Waals surface area contributed by atoms with Crippen LogP contribution in [-0.4, -0.2) is 30.2 Å². The molecule has 0 aliphatic rings. The minimum Gasteiger partial charge on any atom is -0.490 e. The predicted molar refractivity (Wildman–Crippen MR) is 84.5 cm³/mol. The Bertz CT molecular complexity index is 389. The highest BCUT2D eigenvalue weighted by Crippen LogP contribution is 2.14. The van der Waals surface area contributed by atoms with Crippen LogP contribution in [0.1, 0.15) is 32.3 Å². The molecule has 0 fully saturated rings. The van der Waals surface area contributed by atoms with E-state index in [0.29, 0.717) is 6.61 Å². The number of hydrogen-bond donors (Lipinski definition) is 0. The molecule has 0 N–H and O–H groups in total. The van der Waals surface area contributed by atoms with Crippen molar-refractivity contribution in [3.05, 3.63) is 29.8 Å². The average Bonchev–Trinajstić information content (AvgIpc) is 2.42. The Balaban J connectivity index is 2.38. The first-order valence-corrected chi connectivity index (χ1v) is 8.21. The van der Waals surface area contributed by atoms with Crippen molar-refractivity contribution in [2.75, 3.05) is 18.1 Å². The molecule has 0 saturated carbocycles. The van der Waals surface area contributed by atoms with Crippen LogP contribution in [0.15, 0.2) is 24.3 Å². The Hall–Kier alpha value is -1.16. The zero-order valence-corrected chi connectivity index (χ0v) is 13.4. The zero-order valence-electron chi connectivity index (χ0n) is 12.6. The maximum Gasteiger partial charge on any atom is 0.303 e. The van der Waals surface area contributed by atoms with Crippen LogP contribution in [-0.2, 0) is 9.53 Å². The Morgan fingerprint density at radius 2 is 2.00 bits per heavy atom. The van der Waals surface area contributed by atoms with Crippen molar-refractivity contribution in [1.82, 2.24) is 0 Å². The molecule has 0 radical (unpaired) electrons. The van der Waals surface area contributed by atoms with Gasteiger partial charge in [0.25, 0.3) is 0 Å². The predicted octanol–water partition coefficient (Wildman–Crippen LogP) is 3.84. The zero-order chi connectivity index (χ0) is 14.8. The number of benzene rings is 1. The molecule has 1 rings (SSSR count). The Morgan fingerprint density at radius 1 is 1.30 bits per heavy atom. The van der Waals surface area contributed by atoms with E-state index in [4.69, 9.17) is 9.47 Å². The molecule has 20 heavy (non-hydrogen) atoms. The number of carbonyl (C=O) groups excluding carboxylic acids is 1. The summed E-state index contributed by atoms with van der Waals surface area (Å²) in [6.45, 7) is 6.05. The van der Waals surface area contributed by atoms with Gasteiger partial charge >= 0.3 is 5.97 Å². The third kappa shape index (κ3) is 7.43. The quantitative estimate of drug-likeness (QED) is 0.512. The van der Waals surface area contributed by atoms with Gasteiger partial charge in [-0.3, -0.25) is 4.79 Å². The fourth-order valence-corrected chi connectivity index (χ4v) is 2.72. The monoisotopic (exact) mass is 296 g/mol. The summed E-state index contributed by atoms with van der Waals surface area (Å²) in [7, 11) is 0. The molecule has 0 saturated heterocycles. The number of hydrogen-bond acceptors (Lipinski definition) is 4. The molecule has 0 aliphatic heterocycles. The van der Waals surface area contributed by atoms with Crippen LogP contribution >= 0.6 is 11.8 Å². The van der Waals surface area contributed by atoms with E-state index in [2.05, 4.69) is 6.92 Å². The standard InChI is InChI=1S/C16H24O3S/c1-4-5-10-20-12-16(19-14(3)17)11-18-15-8-6-13(2)7-9-15/h6-9,16H,4-5,10-12H2,1-3H3/t16-/m0/s1. The second kappa shape index (κ2) is 9.70. The molecule has 0 heterocycles. The summed E-state index contributed by atoms with van der Waals surface area (Å²) < 4.78 is 11.0. The van der Waals surface area contributed by atoms with E-state index in [9.17, 15) is 4.79 Å². The third-order valence-corrected chi connectivity index (χ3v) is 3.92. The lowest BCUT2D eigenvalue weighted by Gasteiger charge is -2.17. The second-order valence-corrected chi connectivity index (χ2v) is 5.93. The Morgan fingerprint density at radius 3 is 2.60 bits per heavy atom. The first-order valence-electron chi connectivity index (χ1n) is 7.06. The molecular formula is C16H24O3S. The van der Waals surface area contributed by atoms with Gasteiger partial charge in [0.15, 0.2) is 0 Å². The normalized spacial score (nSPS) is 11.9. The molecule has 112 valence electrons. The molecule has 1 aromatic rings. The number of unbranched alkanes of at least 4 members (excludes halogenated alkanes) is 1. The van der Waals surface area contributed by atoms with Crippen molar-refractivity contribution in [3.63, 3.8) is 0 Å². The smallest absolute Gasteiger partial charge is 0.303 e. The highest BCUT2D eigenvalue weighted by atomic mass is 32.2. The fraction of sp³-hybridized carbons (Fsp3) is 0.562. The highest BCUT2D eigenvalue weighted by molar-refractivity contribution is 7.99. The van der Waals surface area contributed by atoms with Crippen molar-refractivity contribution in [1.29, 1.82) is 0 Å². The molecule has 0 aliphatic carbocycles. The van der Waals surface area contributed by atoms with E-state index in [-0.39, 0.29) is 12.1 Å². The summed E-state index contributed by atoms with van der Waals surface area (Å²) in [5, 5.41) is 0. The number of rotatable bonds is 9. The number of ether oxygens (including phenoxy) is 2. The fourth-order valence-electron chi connectivity index (χ4n) is 1.64. The minimum absolute atomic E-state index is 0.185. The molecule has 1 aromatic carbocycles. The van der Waals surface area contributed by atoms with Gasteiger partial charge in [0, 0.05) is 12.7 Å². The van der Waals surface area contributed by atoms with E-state index < -0.39 is 0 Å². The van der Waals surface area contributed by atoms with Crippen LogP contribution in [0, 0.1) is 6.92 Å². The lowest BCUT2D eigenvalue weighted by Crippen LogP contribution is -2.26. The summed E-state index contributed by atoms with van der Waals surface area (Å²) in [6.07, 6.45) is 2.19. The van der Waals surface area contributed by atoms with Crippen LogP contribution in [0.4, 0.5) is 0 Å². The minimum atomic E-state index is -0.251. The molecule has 0 bridgehead atoms. The molecule has 4 heteroatoms.